The van der Waals surface area contributed by atoms with Gasteiger partial charge in [0, 0.05) is 12.1 Å². The molecule has 0 radical (unpaired) electrons. The van der Waals surface area contributed by atoms with Crippen LogP contribution >= 0.6 is 0 Å². The van der Waals surface area contributed by atoms with Crippen molar-refractivity contribution in [2.45, 2.75) is 25.7 Å². The van der Waals surface area contributed by atoms with Gasteiger partial charge >= 0.3 is 0 Å². The van der Waals surface area contributed by atoms with E-state index in [2.05, 4.69) is 15.6 Å². The summed E-state index contributed by atoms with van der Waals surface area (Å²) in [4.78, 5) is 29.4. The quantitative estimate of drug-likeness (QED) is 0.280. The van der Waals surface area contributed by atoms with Crippen LogP contribution in [0.15, 0.2) is 103 Å². The van der Waals surface area contributed by atoms with Gasteiger partial charge < -0.3 is 15.0 Å². The summed E-state index contributed by atoms with van der Waals surface area (Å²) in [5.74, 6) is -0.453. The molecule has 0 aliphatic carbocycles. The number of hydrogen-bond acceptors (Lipinski definition) is 5. The number of carbonyl (C=O) groups is 2. The van der Waals surface area contributed by atoms with E-state index in [1.165, 1.54) is 21.7 Å². The highest BCUT2D eigenvalue weighted by molar-refractivity contribution is 5.89. The highest BCUT2D eigenvalue weighted by Crippen LogP contribution is 2.28. The maximum atomic E-state index is 14.1. The number of fused-ring (bicyclic) bond motifs is 1. The normalized spacial score (nSPS) is 11.7. The first-order valence-corrected chi connectivity index (χ1v) is 12.8. The van der Waals surface area contributed by atoms with E-state index in [0.717, 1.165) is 11.1 Å². The minimum Gasteiger partial charge on any atom is -0.496 e. The van der Waals surface area contributed by atoms with Gasteiger partial charge in [-0.1, -0.05) is 78.0 Å². The van der Waals surface area contributed by atoms with E-state index >= 15 is 0 Å². The third kappa shape index (κ3) is 5.99. The van der Waals surface area contributed by atoms with E-state index in [4.69, 9.17) is 4.74 Å². The third-order valence-corrected chi connectivity index (χ3v) is 6.61. The van der Waals surface area contributed by atoms with Gasteiger partial charge in [0.15, 0.2) is 0 Å². The molecule has 0 bridgehead atoms. The number of rotatable bonds is 10. The Kier molecular flexibility index (Phi) is 8.10. The Bertz CT molecular complexity index is 1600. The van der Waals surface area contributed by atoms with E-state index in [-0.39, 0.29) is 37.3 Å². The Morgan fingerprint density at radius 3 is 2.40 bits per heavy atom. The van der Waals surface area contributed by atoms with Crippen molar-refractivity contribution in [1.29, 1.82) is 0 Å². The van der Waals surface area contributed by atoms with Crippen LogP contribution in [0.3, 0.4) is 0 Å². The van der Waals surface area contributed by atoms with Gasteiger partial charge in [0.1, 0.15) is 29.7 Å². The Morgan fingerprint density at radius 2 is 1.62 bits per heavy atom. The number of hydrogen-bond donors (Lipinski definition) is 1. The van der Waals surface area contributed by atoms with Crippen molar-refractivity contribution < 1.29 is 18.7 Å². The van der Waals surface area contributed by atoms with Crippen LogP contribution in [0.5, 0.6) is 5.75 Å². The lowest BCUT2D eigenvalue weighted by molar-refractivity contribution is -0.142. The number of methoxy groups -OCH3 is 1. The lowest BCUT2D eigenvalue weighted by Gasteiger charge is -2.32. The fourth-order valence-corrected chi connectivity index (χ4v) is 4.59. The molecule has 1 N–H and O–H groups in total. The monoisotopic (exact) mass is 537 g/mol. The van der Waals surface area contributed by atoms with E-state index in [9.17, 15) is 14.0 Å². The standard InChI is InChI=1S/C31H28FN5O3/c1-40-28-14-8-5-11-24(28)20-36(29(38)21-37-27-13-7-6-12-26(27)34-35-37)30(23-9-3-2-4-10-23)31(39)33-19-22-15-17-25(32)18-16-22/h2-18,30H,19-21H2,1H3,(H,33,39)/t30-/m0/s1. The average Bonchev–Trinajstić information content (AvgIpc) is 3.40. The predicted molar refractivity (Wildman–Crippen MR) is 149 cm³/mol. The van der Waals surface area contributed by atoms with Gasteiger partial charge in [0.05, 0.1) is 19.2 Å². The summed E-state index contributed by atoms with van der Waals surface area (Å²) < 4.78 is 20.5. The number of amides is 2. The van der Waals surface area contributed by atoms with Crippen LogP contribution in [0.4, 0.5) is 4.39 Å². The molecule has 8 nitrogen and oxygen atoms in total. The molecule has 0 fully saturated rings. The van der Waals surface area contributed by atoms with Crippen molar-refractivity contribution in [3.8, 4) is 5.75 Å². The fraction of sp³-hybridized carbons (Fsp3) is 0.161. The molecule has 0 unspecified atom stereocenters. The van der Waals surface area contributed by atoms with Crippen molar-refractivity contribution in [3.05, 3.63) is 126 Å². The summed E-state index contributed by atoms with van der Waals surface area (Å²) in [6.07, 6.45) is 0. The number of nitrogens with zero attached hydrogens (tertiary/aromatic N) is 4. The molecule has 9 heteroatoms. The van der Waals surface area contributed by atoms with Gasteiger partial charge in [0.25, 0.3) is 0 Å². The minimum absolute atomic E-state index is 0.110. The second kappa shape index (κ2) is 12.2. The van der Waals surface area contributed by atoms with Crippen molar-refractivity contribution >= 4 is 22.8 Å². The second-order valence-electron chi connectivity index (χ2n) is 9.23. The molecule has 1 aromatic heterocycles. The lowest BCUT2D eigenvalue weighted by atomic mass is 10.0. The molecule has 0 aliphatic rings. The molecule has 0 saturated carbocycles. The van der Waals surface area contributed by atoms with Crippen LogP contribution in [0.1, 0.15) is 22.7 Å². The van der Waals surface area contributed by atoms with Crippen molar-refractivity contribution in [2.24, 2.45) is 0 Å². The molecule has 1 atom stereocenters. The van der Waals surface area contributed by atoms with Gasteiger partial charge in [-0.05, 0) is 41.5 Å². The summed E-state index contributed by atoms with van der Waals surface area (Å²) in [6.45, 7) is 0.163. The molecule has 202 valence electrons. The number of carbonyl (C=O) groups excluding carboxylic acids is 2. The zero-order chi connectivity index (χ0) is 27.9. The Balaban J connectivity index is 1.51. The van der Waals surface area contributed by atoms with Crippen LogP contribution in [0, 0.1) is 5.82 Å². The van der Waals surface area contributed by atoms with E-state index in [0.29, 0.717) is 22.3 Å². The van der Waals surface area contributed by atoms with Crippen molar-refractivity contribution in [2.75, 3.05) is 7.11 Å². The number of benzene rings is 4. The molecular weight excluding hydrogens is 509 g/mol. The van der Waals surface area contributed by atoms with Crippen LogP contribution in [-0.4, -0.2) is 38.8 Å². The maximum absolute atomic E-state index is 14.1. The number of nitrogens with one attached hydrogen (secondary N) is 1. The number of halogens is 1. The van der Waals surface area contributed by atoms with Gasteiger partial charge in [-0.3, -0.25) is 9.59 Å². The molecule has 5 rings (SSSR count). The zero-order valence-electron chi connectivity index (χ0n) is 21.9. The van der Waals surface area contributed by atoms with Crippen molar-refractivity contribution in [3.63, 3.8) is 0 Å². The van der Waals surface area contributed by atoms with Gasteiger partial charge in [-0.15, -0.1) is 5.10 Å². The summed E-state index contributed by atoms with van der Waals surface area (Å²) in [5, 5.41) is 11.3. The maximum Gasteiger partial charge on any atom is 0.247 e. The summed E-state index contributed by atoms with van der Waals surface area (Å²) in [6, 6.07) is 28.8. The van der Waals surface area contributed by atoms with Crippen LogP contribution in [0.25, 0.3) is 11.0 Å². The first kappa shape index (κ1) is 26.6. The van der Waals surface area contributed by atoms with Crippen LogP contribution in [0.2, 0.25) is 0 Å². The summed E-state index contributed by atoms with van der Waals surface area (Å²) >= 11 is 0. The summed E-state index contributed by atoms with van der Waals surface area (Å²) in [7, 11) is 1.57. The zero-order valence-corrected chi connectivity index (χ0v) is 21.9. The van der Waals surface area contributed by atoms with Crippen LogP contribution < -0.4 is 10.1 Å². The van der Waals surface area contributed by atoms with E-state index in [1.807, 2.05) is 78.9 Å². The van der Waals surface area contributed by atoms with E-state index < -0.39 is 6.04 Å². The predicted octanol–water partition coefficient (Wildman–Crippen LogP) is 4.67. The minimum atomic E-state index is -0.964. The summed E-state index contributed by atoms with van der Waals surface area (Å²) in [5.41, 5.74) is 3.51. The molecular formula is C31H28FN5O3. The highest BCUT2D eigenvalue weighted by atomic mass is 19.1. The smallest absolute Gasteiger partial charge is 0.247 e. The Labute approximate surface area is 231 Å². The third-order valence-electron chi connectivity index (χ3n) is 6.61. The van der Waals surface area contributed by atoms with Crippen molar-refractivity contribution in [1.82, 2.24) is 25.2 Å². The first-order valence-electron chi connectivity index (χ1n) is 12.8. The number of ether oxygens (including phenoxy) is 1. The molecule has 40 heavy (non-hydrogen) atoms. The van der Waals surface area contributed by atoms with Gasteiger partial charge in [-0.2, -0.15) is 0 Å². The first-order chi connectivity index (χ1) is 19.5. The van der Waals surface area contributed by atoms with Gasteiger partial charge in [-0.25, -0.2) is 9.07 Å². The van der Waals surface area contributed by atoms with Gasteiger partial charge in [0.2, 0.25) is 11.8 Å². The number of para-hydroxylation sites is 2. The average molecular weight is 538 g/mol. The highest BCUT2D eigenvalue weighted by Gasteiger charge is 2.32. The second-order valence-corrected chi connectivity index (χ2v) is 9.23. The molecule has 0 saturated heterocycles. The Morgan fingerprint density at radius 1 is 0.925 bits per heavy atom. The fourth-order valence-electron chi connectivity index (χ4n) is 4.59. The van der Waals surface area contributed by atoms with E-state index in [1.54, 1.807) is 19.2 Å². The SMILES string of the molecule is COc1ccccc1CN(C(=O)Cn1nnc2ccccc21)[C@H](C(=O)NCc1ccc(F)cc1)c1ccccc1. The Hall–Kier alpha value is -5.05. The molecule has 0 aliphatic heterocycles. The largest absolute Gasteiger partial charge is 0.496 e. The molecule has 4 aromatic carbocycles. The number of aromatic nitrogens is 3. The molecule has 5 aromatic rings. The lowest BCUT2D eigenvalue weighted by Crippen LogP contribution is -2.44. The molecule has 2 amide bonds. The molecule has 1 heterocycles. The molecule has 0 spiro atoms. The van der Waals surface area contributed by atoms with Crippen LogP contribution in [-0.2, 0) is 29.2 Å². The topological polar surface area (TPSA) is 89.3 Å².